The average Bonchev–Trinajstić information content (AvgIpc) is 3.44. The molecular formula is C21H38N6O2. The molecule has 0 spiro atoms. The van der Waals surface area contributed by atoms with Crippen LogP contribution in [0.3, 0.4) is 0 Å². The van der Waals surface area contributed by atoms with Crippen molar-refractivity contribution in [3.8, 4) is 0 Å². The van der Waals surface area contributed by atoms with Crippen molar-refractivity contribution >= 4 is 17.8 Å². The molecule has 1 saturated carbocycles. The Kier molecular flexibility index (Phi) is 7.75. The van der Waals surface area contributed by atoms with Crippen molar-refractivity contribution in [3.63, 3.8) is 0 Å². The van der Waals surface area contributed by atoms with Crippen LogP contribution >= 0.6 is 0 Å². The van der Waals surface area contributed by atoms with Crippen LogP contribution in [-0.2, 0) is 9.59 Å². The Morgan fingerprint density at radius 3 is 2.17 bits per heavy atom. The van der Waals surface area contributed by atoms with Crippen LogP contribution in [0.4, 0.5) is 0 Å². The van der Waals surface area contributed by atoms with Gasteiger partial charge in [-0.2, -0.15) is 0 Å². The third-order valence-corrected chi connectivity index (χ3v) is 6.49. The number of nitrogens with one attached hydrogen (secondary N) is 1. The molecule has 3 aliphatic rings. The smallest absolute Gasteiger partial charge is 0.243 e. The van der Waals surface area contributed by atoms with E-state index in [1.165, 1.54) is 25.7 Å². The molecule has 1 unspecified atom stereocenters. The minimum Gasteiger partial charge on any atom is -0.353 e. The first-order chi connectivity index (χ1) is 14.0. The monoisotopic (exact) mass is 406 g/mol. The largest absolute Gasteiger partial charge is 0.353 e. The number of piperazine rings is 1. The SMILES string of the molecule is CC(C(=O)N1CCCC1)N1CCN(C(=NCC(=O)N(C)C)NC2CCCC2)CC1. The van der Waals surface area contributed by atoms with Gasteiger partial charge in [-0.15, -0.1) is 0 Å². The van der Waals surface area contributed by atoms with Crippen molar-refractivity contribution in [1.82, 2.24) is 24.9 Å². The molecule has 29 heavy (non-hydrogen) atoms. The third-order valence-electron chi connectivity index (χ3n) is 6.49. The lowest BCUT2D eigenvalue weighted by Gasteiger charge is -2.40. The first-order valence-electron chi connectivity index (χ1n) is 11.2. The van der Waals surface area contributed by atoms with Crippen LogP contribution in [0.5, 0.6) is 0 Å². The Balaban J connectivity index is 1.57. The second-order valence-electron chi connectivity index (χ2n) is 8.79. The number of nitrogens with zero attached hydrogens (tertiary/aromatic N) is 5. The van der Waals surface area contributed by atoms with E-state index in [0.717, 1.165) is 58.1 Å². The molecule has 2 heterocycles. The van der Waals surface area contributed by atoms with Gasteiger partial charge in [0.1, 0.15) is 6.54 Å². The molecule has 8 heteroatoms. The second-order valence-corrected chi connectivity index (χ2v) is 8.79. The quantitative estimate of drug-likeness (QED) is 0.535. The van der Waals surface area contributed by atoms with E-state index in [9.17, 15) is 9.59 Å². The minimum absolute atomic E-state index is 0.0131. The van der Waals surface area contributed by atoms with Gasteiger partial charge in [0, 0.05) is 59.4 Å². The summed E-state index contributed by atoms with van der Waals surface area (Å²) < 4.78 is 0. The molecule has 1 aliphatic carbocycles. The van der Waals surface area contributed by atoms with Crippen molar-refractivity contribution in [1.29, 1.82) is 0 Å². The predicted octanol–water partition coefficient (Wildman–Crippen LogP) is 0.591. The summed E-state index contributed by atoms with van der Waals surface area (Å²) in [7, 11) is 3.53. The topological polar surface area (TPSA) is 71.5 Å². The van der Waals surface area contributed by atoms with Gasteiger partial charge in [0.15, 0.2) is 5.96 Å². The average molecular weight is 407 g/mol. The van der Waals surface area contributed by atoms with Crippen LogP contribution in [0.1, 0.15) is 45.4 Å². The van der Waals surface area contributed by atoms with Gasteiger partial charge in [0.05, 0.1) is 6.04 Å². The highest BCUT2D eigenvalue weighted by Crippen LogP contribution is 2.19. The highest BCUT2D eigenvalue weighted by atomic mass is 16.2. The van der Waals surface area contributed by atoms with Gasteiger partial charge in [0.25, 0.3) is 0 Å². The van der Waals surface area contributed by atoms with Crippen LogP contribution in [-0.4, -0.2) is 109 Å². The number of hydrogen-bond acceptors (Lipinski definition) is 4. The number of carbonyl (C=O) groups excluding carboxylic acids is 2. The maximum atomic E-state index is 12.7. The van der Waals surface area contributed by atoms with E-state index in [2.05, 4.69) is 20.1 Å². The lowest BCUT2D eigenvalue weighted by atomic mass is 10.2. The first-order valence-corrected chi connectivity index (χ1v) is 11.2. The summed E-state index contributed by atoms with van der Waals surface area (Å²) >= 11 is 0. The van der Waals surface area contributed by atoms with E-state index in [1.807, 2.05) is 11.8 Å². The fourth-order valence-electron chi connectivity index (χ4n) is 4.45. The Morgan fingerprint density at radius 2 is 1.59 bits per heavy atom. The number of likely N-dealkylation sites (tertiary alicyclic amines) is 1. The fourth-order valence-corrected chi connectivity index (χ4v) is 4.45. The summed E-state index contributed by atoms with van der Waals surface area (Å²) in [5, 5.41) is 3.60. The Morgan fingerprint density at radius 1 is 0.966 bits per heavy atom. The lowest BCUT2D eigenvalue weighted by molar-refractivity contribution is -0.135. The molecule has 0 aromatic heterocycles. The van der Waals surface area contributed by atoms with Crippen molar-refractivity contribution in [2.75, 3.05) is 59.9 Å². The summed E-state index contributed by atoms with van der Waals surface area (Å²) in [6.45, 7) is 7.36. The predicted molar refractivity (Wildman–Crippen MR) is 115 cm³/mol. The minimum atomic E-state index is -0.0613. The number of hydrogen-bond donors (Lipinski definition) is 1. The van der Waals surface area contributed by atoms with Gasteiger partial charge in [0.2, 0.25) is 11.8 Å². The lowest BCUT2D eigenvalue weighted by Crippen LogP contribution is -2.57. The molecule has 0 bridgehead atoms. The van der Waals surface area contributed by atoms with Crippen molar-refractivity contribution in [2.24, 2.45) is 4.99 Å². The summed E-state index contributed by atoms with van der Waals surface area (Å²) in [5.41, 5.74) is 0. The van der Waals surface area contributed by atoms with Gasteiger partial charge < -0.3 is 20.0 Å². The van der Waals surface area contributed by atoms with Crippen LogP contribution in [0.2, 0.25) is 0 Å². The van der Waals surface area contributed by atoms with Gasteiger partial charge in [-0.1, -0.05) is 12.8 Å². The first kappa shape index (κ1) is 21.9. The summed E-state index contributed by atoms with van der Waals surface area (Å²) in [5.74, 6) is 1.13. The van der Waals surface area contributed by atoms with Crippen LogP contribution < -0.4 is 5.32 Å². The molecule has 0 radical (unpaired) electrons. The number of rotatable bonds is 5. The van der Waals surface area contributed by atoms with Gasteiger partial charge in [-0.3, -0.25) is 14.5 Å². The molecule has 2 aliphatic heterocycles. The zero-order chi connectivity index (χ0) is 20.8. The number of aliphatic imine (C=N–C) groups is 1. The molecule has 3 fully saturated rings. The Hall–Kier alpha value is -1.83. The van der Waals surface area contributed by atoms with E-state index >= 15 is 0 Å². The number of guanidine groups is 1. The summed E-state index contributed by atoms with van der Waals surface area (Å²) in [6, 6.07) is 0.394. The van der Waals surface area contributed by atoms with Crippen molar-refractivity contribution < 1.29 is 9.59 Å². The fraction of sp³-hybridized carbons (Fsp3) is 0.857. The highest BCUT2D eigenvalue weighted by Gasteiger charge is 2.31. The number of amides is 2. The molecule has 0 aromatic carbocycles. The third kappa shape index (κ3) is 5.84. The van der Waals surface area contributed by atoms with E-state index in [1.54, 1.807) is 19.0 Å². The maximum Gasteiger partial charge on any atom is 0.243 e. The normalized spacial score (nSPS) is 22.8. The van der Waals surface area contributed by atoms with E-state index in [4.69, 9.17) is 0 Å². The molecule has 8 nitrogen and oxygen atoms in total. The van der Waals surface area contributed by atoms with E-state index < -0.39 is 0 Å². The van der Waals surface area contributed by atoms with Crippen LogP contribution in [0, 0.1) is 0 Å². The molecule has 0 aromatic rings. The molecular weight excluding hydrogens is 368 g/mol. The molecule has 3 rings (SSSR count). The number of carbonyl (C=O) groups is 2. The summed E-state index contributed by atoms with van der Waals surface area (Å²) in [6.07, 6.45) is 7.11. The molecule has 1 N–H and O–H groups in total. The zero-order valence-electron chi connectivity index (χ0n) is 18.4. The van der Waals surface area contributed by atoms with Crippen LogP contribution in [0.15, 0.2) is 4.99 Å². The molecule has 1 atom stereocenters. The standard InChI is InChI=1S/C21H38N6O2/c1-17(20(29)26-10-6-7-11-26)25-12-14-27(15-13-25)21(22-16-19(28)24(2)3)23-18-8-4-5-9-18/h17-18H,4-16H2,1-3H3,(H,22,23). The molecule has 2 amide bonds. The summed E-state index contributed by atoms with van der Waals surface area (Å²) in [4.78, 5) is 37.5. The Labute approximate surface area is 175 Å². The van der Waals surface area contributed by atoms with Crippen LogP contribution in [0.25, 0.3) is 0 Å². The molecule has 2 saturated heterocycles. The van der Waals surface area contributed by atoms with Crippen molar-refractivity contribution in [2.45, 2.75) is 57.5 Å². The second kappa shape index (κ2) is 10.3. The van der Waals surface area contributed by atoms with Gasteiger partial charge in [-0.05, 0) is 32.6 Å². The Bertz CT molecular complexity index is 588. The number of likely N-dealkylation sites (N-methyl/N-ethyl adjacent to an activating group) is 1. The maximum absolute atomic E-state index is 12.7. The van der Waals surface area contributed by atoms with E-state index in [-0.39, 0.29) is 24.4 Å². The highest BCUT2D eigenvalue weighted by molar-refractivity contribution is 5.85. The van der Waals surface area contributed by atoms with Crippen molar-refractivity contribution in [3.05, 3.63) is 0 Å². The van der Waals surface area contributed by atoms with E-state index in [0.29, 0.717) is 6.04 Å². The zero-order valence-corrected chi connectivity index (χ0v) is 18.4. The van der Waals surface area contributed by atoms with Gasteiger partial charge >= 0.3 is 0 Å². The molecule has 164 valence electrons. The van der Waals surface area contributed by atoms with Gasteiger partial charge in [-0.25, -0.2) is 4.99 Å².